The van der Waals surface area contributed by atoms with E-state index >= 15 is 0 Å². The molecule has 26 heavy (non-hydrogen) atoms. The van der Waals surface area contributed by atoms with E-state index in [-0.39, 0.29) is 5.91 Å². The second-order valence-corrected chi connectivity index (χ2v) is 6.32. The summed E-state index contributed by atoms with van der Waals surface area (Å²) >= 11 is 0. The van der Waals surface area contributed by atoms with E-state index in [1.165, 1.54) is 4.90 Å². The number of nitrogens with one attached hydrogen (secondary N) is 1. The van der Waals surface area contributed by atoms with E-state index in [1.807, 2.05) is 42.6 Å². The molecule has 4 rings (SSSR count). The minimum Gasteiger partial charge on any atom is -0.343 e. The summed E-state index contributed by atoms with van der Waals surface area (Å²) in [6.07, 6.45) is 1.90. The highest BCUT2D eigenvalue weighted by Gasteiger charge is 2.17. The molecule has 0 radical (unpaired) electrons. The monoisotopic (exact) mass is 346 g/mol. The lowest BCUT2D eigenvalue weighted by Gasteiger charge is -2.07. The molecule has 0 saturated heterocycles. The molecule has 0 aliphatic rings. The van der Waals surface area contributed by atoms with Gasteiger partial charge in [-0.25, -0.2) is 4.68 Å². The van der Waals surface area contributed by atoms with Gasteiger partial charge in [0.2, 0.25) is 0 Å². The smallest absolute Gasteiger partial charge is 0.274 e. The van der Waals surface area contributed by atoms with Crippen LogP contribution in [0, 0.1) is 0 Å². The normalized spacial score (nSPS) is 11.0. The Bertz CT molecular complexity index is 1060. The van der Waals surface area contributed by atoms with Gasteiger partial charge < -0.3 is 4.90 Å². The molecule has 0 saturated carbocycles. The van der Waals surface area contributed by atoms with Crippen molar-refractivity contribution < 1.29 is 4.79 Å². The van der Waals surface area contributed by atoms with Gasteiger partial charge in [0, 0.05) is 25.0 Å². The summed E-state index contributed by atoms with van der Waals surface area (Å²) in [7, 11) is 3.42. The van der Waals surface area contributed by atoms with Crippen LogP contribution in [0.2, 0.25) is 0 Å². The van der Waals surface area contributed by atoms with E-state index in [4.69, 9.17) is 0 Å². The molecular formula is C19H18N6O. The van der Waals surface area contributed by atoms with Crippen LogP contribution in [0.3, 0.4) is 0 Å². The molecule has 0 fully saturated rings. The summed E-state index contributed by atoms with van der Waals surface area (Å²) in [6.45, 7) is 0.659. The molecule has 2 heterocycles. The largest absolute Gasteiger partial charge is 0.343 e. The standard InChI is InChI=1S/C19H18N6O/c1-24(2)19(26)18-15-10-14(8-9-16(15)20-22-18)17-12-25(23-21-17)11-13-6-4-3-5-7-13/h3-10,12H,11H2,1-2H3,(H,20,22). The van der Waals surface area contributed by atoms with Gasteiger partial charge in [-0.2, -0.15) is 5.10 Å². The fraction of sp³-hybridized carbons (Fsp3) is 0.158. The third-order valence-corrected chi connectivity index (χ3v) is 4.19. The van der Waals surface area contributed by atoms with Crippen molar-refractivity contribution in [1.29, 1.82) is 0 Å². The Morgan fingerprint density at radius 1 is 1.15 bits per heavy atom. The zero-order chi connectivity index (χ0) is 18.1. The van der Waals surface area contributed by atoms with Gasteiger partial charge in [-0.3, -0.25) is 9.89 Å². The van der Waals surface area contributed by atoms with Gasteiger partial charge >= 0.3 is 0 Å². The third-order valence-electron chi connectivity index (χ3n) is 4.19. The molecule has 2 aromatic carbocycles. The van der Waals surface area contributed by atoms with Crippen molar-refractivity contribution in [3.05, 3.63) is 66.0 Å². The highest BCUT2D eigenvalue weighted by Crippen LogP contribution is 2.24. The Morgan fingerprint density at radius 3 is 2.73 bits per heavy atom. The summed E-state index contributed by atoms with van der Waals surface area (Å²) < 4.78 is 1.80. The van der Waals surface area contributed by atoms with E-state index in [2.05, 4.69) is 32.6 Å². The average Bonchev–Trinajstić information content (AvgIpc) is 3.28. The van der Waals surface area contributed by atoms with Crippen molar-refractivity contribution in [2.24, 2.45) is 0 Å². The molecule has 0 aliphatic carbocycles. The highest BCUT2D eigenvalue weighted by molar-refractivity contribution is 6.05. The maximum atomic E-state index is 12.3. The number of H-pyrrole nitrogens is 1. The van der Waals surface area contributed by atoms with Crippen molar-refractivity contribution in [3.63, 3.8) is 0 Å². The lowest BCUT2D eigenvalue weighted by molar-refractivity contribution is 0.0824. The van der Waals surface area contributed by atoms with Crippen molar-refractivity contribution in [1.82, 2.24) is 30.1 Å². The second kappa shape index (κ2) is 6.44. The molecule has 0 aliphatic heterocycles. The molecule has 4 aromatic rings. The first-order valence-corrected chi connectivity index (χ1v) is 8.26. The fourth-order valence-corrected chi connectivity index (χ4v) is 2.83. The van der Waals surface area contributed by atoms with E-state index in [0.717, 1.165) is 27.7 Å². The van der Waals surface area contributed by atoms with Crippen LogP contribution in [0.5, 0.6) is 0 Å². The zero-order valence-electron chi connectivity index (χ0n) is 14.5. The van der Waals surface area contributed by atoms with Crippen LogP contribution >= 0.6 is 0 Å². The Kier molecular flexibility index (Phi) is 3.96. The van der Waals surface area contributed by atoms with Crippen LogP contribution in [0.1, 0.15) is 16.1 Å². The topological polar surface area (TPSA) is 79.7 Å². The Morgan fingerprint density at radius 2 is 1.96 bits per heavy atom. The number of carbonyl (C=O) groups excluding carboxylic acids is 1. The van der Waals surface area contributed by atoms with Crippen LogP contribution in [0.4, 0.5) is 0 Å². The second-order valence-electron chi connectivity index (χ2n) is 6.32. The summed E-state index contributed by atoms with van der Waals surface area (Å²) in [5.74, 6) is -0.138. The van der Waals surface area contributed by atoms with Gasteiger partial charge in [-0.15, -0.1) is 5.10 Å². The number of aromatic amines is 1. The molecule has 2 aromatic heterocycles. The van der Waals surface area contributed by atoms with E-state index in [0.29, 0.717) is 12.2 Å². The van der Waals surface area contributed by atoms with Crippen LogP contribution in [0.15, 0.2) is 54.7 Å². The quantitative estimate of drug-likeness (QED) is 0.616. The van der Waals surface area contributed by atoms with Gasteiger partial charge in [0.25, 0.3) is 5.91 Å². The maximum absolute atomic E-state index is 12.3. The third kappa shape index (κ3) is 2.95. The molecule has 0 atom stereocenters. The average molecular weight is 346 g/mol. The molecule has 0 bridgehead atoms. The molecule has 130 valence electrons. The number of benzene rings is 2. The summed E-state index contributed by atoms with van der Waals surface area (Å²) in [5, 5.41) is 16.3. The lowest BCUT2D eigenvalue weighted by atomic mass is 10.1. The van der Waals surface area contributed by atoms with Crippen molar-refractivity contribution in [3.8, 4) is 11.3 Å². The number of hydrogen-bond donors (Lipinski definition) is 1. The van der Waals surface area contributed by atoms with Crippen molar-refractivity contribution in [2.45, 2.75) is 6.54 Å². The van der Waals surface area contributed by atoms with Crippen molar-refractivity contribution >= 4 is 16.8 Å². The van der Waals surface area contributed by atoms with Crippen molar-refractivity contribution in [2.75, 3.05) is 14.1 Å². The minimum atomic E-state index is -0.138. The van der Waals surface area contributed by atoms with Gasteiger partial charge in [0.05, 0.1) is 18.3 Å². The van der Waals surface area contributed by atoms with Gasteiger partial charge in [-0.05, 0) is 17.7 Å². The summed E-state index contributed by atoms with van der Waals surface area (Å²) in [5.41, 5.74) is 4.03. The van der Waals surface area contributed by atoms with Gasteiger partial charge in [-0.1, -0.05) is 41.6 Å². The van der Waals surface area contributed by atoms with Crippen LogP contribution < -0.4 is 0 Å². The molecule has 0 unspecified atom stereocenters. The Labute approximate surface area is 150 Å². The van der Waals surface area contributed by atoms with Crippen LogP contribution in [0.25, 0.3) is 22.2 Å². The van der Waals surface area contributed by atoms with E-state index in [9.17, 15) is 4.79 Å². The summed E-state index contributed by atoms with van der Waals surface area (Å²) in [4.78, 5) is 13.8. The number of nitrogens with zero attached hydrogens (tertiary/aromatic N) is 5. The first kappa shape index (κ1) is 16.0. The Hall–Kier alpha value is -3.48. The molecular weight excluding hydrogens is 328 g/mol. The van der Waals surface area contributed by atoms with Gasteiger partial charge in [0.15, 0.2) is 5.69 Å². The number of carbonyl (C=O) groups is 1. The van der Waals surface area contributed by atoms with E-state index < -0.39 is 0 Å². The lowest BCUT2D eigenvalue weighted by Crippen LogP contribution is -2.22. The van der Waals surface area contributed by atoms with Crippen LogP contribution in [-0.2, 0) is 6.54 Å². The first-order chi connectivity index (χ1) is 12.6. The number of amides is 1. The Balaban J connectivity index is 1.67. The first-order valence-electron chi connectivity index (χ1n) is 8.26. The molecule has 1 N–H and O–H groups in total. The number of aromatic nitrogens is 5. The zero-order valence-corrected chi connectivity index (χ0v) is 14.5. The number of rotatable bonds is 4. The summed E-state index contributed by atoms with van der Waals surface area (Å²) in [6, 6.07) is 15.9. The predicted octanol–water partition coefficient (Wildman–Crippen LogP) is 2.57. The minimum absolute atomic E-state index is 0.138. The fourth-order valence-electron chi connectivity index (χ4n) is 2.83. The van der Waals surface area contributed by atoms with E-state index in [1.54, 1.807) is 18.8 Å². The molecule has 7 heteroatoms. The number of hydrogen-bond acceptors (Lipinski definition) is 4. The van der Waals surface area contributed by atoms with Crippen LogP contribution in [-0.4, -0.2) is 50.1 Å². The predicted molar refractivity (Wildman–Crippen MR) is 98.7 cm³/mol. The molecule has 7 nitrogen and oxygen atoms in total. The maximum Gasteiger partial charge on any atom is 0.274 e. The molecule has 1 amide bonds. The number of fused-ring (bicyclic) bond motifs is 1. The highest BCUT2D eigenvalue weighted by atomic mass is 16.2. The molecule has 0 spiro atoms. The van der Waals surface area contributed by atoms with Gasteiger partial charge in [0.1, 0.15) is 5.69 Å². The SMILES string of the molecule is CN(C)C(=O)c1n[nH]c2ccc(-c3cn(Cc4ccccc4)nn3)cc12.